The normalized spacial score (nSPS) is 18.9. The molecular weight excluding hydrogens is 258 g/mol. The Morgan fingerprint density at radius 1 is 1.29 bits per heavy atom. The van der Waals surface area contributed by atoms with E-state index in [0.29, 0.717) is 17.9 Å². The molecule has 17 heavy (non-hydrogen) atoms. The number of nitrogens with one attached hydrogen (secondary N) is 1. The Morgan fingerprint density at radius 3 is 2.41 bits per heavy atom. The first-order chi connectivity index (χ1) is 8.12. The molecule has 0 atom stereocenters. The van der Waals surface area contributed by atoms with E-state index in [4.69, 9.17) is 11.6 Å². The molecule has 0 saturated carbocycles. The number of carbonyl (C=O) groups is 1. The average molecular weight is 272 g/mol. The predicted molar refractivity (Wildman–Crippen MR) is 69.8 cm³/mol. The first-order valence-electron chi connectivity index (χ1n) is 5.51. The summed E-state index contributed by atoms with van der Waals surface area (Å²) in [6.07, 6.45) is 1.30. The summed E-state index contributed by atoms with van der Waals surface area (Å²) in [6.45, 7) is 1.51. The third-order valence-corrected chi connectivity index (χ3v) is 4.66. The van der Waals surface area contributed by atoms with Crippen LogP contribution in [0.25, 0.3) is 0 Å². The van der Waals surface area contributed by atoms with Gasteiger partial charge in [0.05, 0.1) is 0 Å². The fourth-order valence-corrected chi connectivity index (χ4v) is 3.26. The summed E-state index contributed by atoms with van der Waals surface area (Å²) in [5.74, 6) is -0.723. The molecule has 2 rings (SSSR count). The third kappa shape index (κ3) is 2.94. The first kappa shape index (κ1) is 12.7. The van der Waals surface area contributed by atoms with Crippen molar-refractivity contribution in [1.29, 1.82) is 0 Å². The number of carboxylic acids is 1. The number of carboxylic acid groups (broad SMARTS) is 1. The van der Waals surface area contributed by atoms with Gasteiger partial charge in [0.15, 0.2) is 0 Å². The number of thioether (sulfide) groups is 1. The van der Waals surface area contributed by atoms with Gasteiger partial charge in [-0.25, -0.2) is 0 Å². The fraction of sp³-hybridized carbons (Fsp3) is 0.417. The summed E-state index contributed by atoms with van der Waals surface area (Å²) in [5, 5.41) is 13.3. The molecule has 5 heteroatoms. The largest absolute Gasteiger partial charge is 0.480 e. The van der Waals surface area contributed by atoms with Gasteiger partial charge in [-0.15, -0.1) is 11.8 Å². The van der Waals surface area contributed by atoms with Crippen LogP contribution in [0.5, 0.6) is 0 Å². The molecule has 1 fully saturated rings. The number of hydrogen-bond acceptors (Lipinski definition) is 3. The molecule has 1 aliphatic heterocycles. The van der Waals surface area contributed by atoms with Gasteiger partial charge in [-0.2, -0.15) is 0 Å². The van der Waals surface area contributed by atoms with Gasteiger partial charge < -0.3 is 10.4 Å². The topological polar surface area (TPSA) is 49.3 Å². The van der Waals surface area contributed by atoms with Crippen molar-refractivity contribution in [1.82, 2.24) is 5.32 Å². The standard InChI is InChI=1S/C12H14ClNO2S/c13-9-1-3-10(4-2-9)17-12(11(15)16)5-7-14-8-6-12/h1-4,14H,5-8H2,(H,15,16). The summed E-state index contributed by atoms with van der Waals surface area (Å²) >= 11 is 7.25. The van der Waals surface area contributed by atoms with Crippen molar-refractivity contribution in [2.45, 2.75) is 22.5 Å². The zero-order chi connectivity index (χ0) is 12.3. The van der Waals surface area contributed by atoms with Gasteiger partial charge in [0.2, 0.25) is 0 Å². The maximum atomic E-state index is 11.5. The van der Waals surface area contributed by atoms with Crippen LogP contribution in [0.15, 0.2) is 29.2 Å². The molecule has 0 unspecified atom stereocenters. The monoisotopic (exact) mass is 271 g/mol. The zero-order valence-corrected chi connectivity index (χ0v) is 10.9. The molecule has 1 aromatic rings. The van der Waals surface area contributed by atoms with E-state index >= 15 is 0 Å². The van der Waals surface area contributed by atoms with Crippen LogP contribution in [0.1, 0.15) is 12.8 Å². The minimum atomic E-state index is -0.723. The molecule has 1 saturated heterocycles. The maximum absolute atomic E-state index is 11.5. The number of piperidine rings is 1. The molecule has 1 aliphatic rings. The Bertz CT molecular complexity index is 401. The van der Waals surface area contributed by atoms with E-state index in [9.17, 15) is 9.90 Å². The van der Waals surface area contributed by atoms with Gasteiger partial charge in [-0.3, -0.25) is 4.79 Å². The molecular formula is C12H14ClNO2S. The molecule has 0 amide bonds. The molecule has 0 aliphatic carbocycles. The fourth-order valence-electron chi connectivity index (χ4n) is 1.92. The lowest BCUT2D eigenvalue weighted by Crippen LogP contribution is -2.45. The lowest BCUT2D eigenvalue weighted by Gasteiger charge is -2.32. The van der Waals surface area contributed by atoms with Crippen molar-refractivity contribution in [3.8, 4) is 0 Å². The highest BCUT2D eigenvalue weighted by Crippen LogP contribution is 2.40. The average Bonchev–Trinajstić information content (AvgIpc) is 2.33. The highest BCUT2D eigenvalue weighted by molar-refractivity contribution is 8.01. The van der Waals surface area contributed by atoms with Gasteiger partial charge in [0.1, 0.15) is 4.75 Å². The third-order valence-electron chi connectivity index (χ3n) is 2.93. The minimum absolute atomic E-state index is 0.648. The Morgan fingerprint density at radius 2 is 1.88 bits per heavy atom. The van der Waals surface area contributed by atoms with Crippen molar-refractivity contribution >= 4 is 29.3 Å². The lowest BCUT2D eigenvalue weighted by atomic mass is 9.97. The van der Waals surface area contributed by atoms with Gasteiger partial charge in [-0.05, 0) is 50.2 Å². The molecule has 92 valence electrons. The second-order valence-corrected chi connectivity index (χ2v) is 6.00. The number of hydrogen-bond donors (Lipinski definition) is 2. The van der Waals surface area contributed by atoms with E-state index in [1.54, 1.807) is 12.1 Å². The summed E-state index contributed by atoms with van der Waals surface area (Å²) < 4.78 is -0.695. The van der Waals surface area contributed by atoms with Gasteiger partial charge in [-0.1, -0.05) is 11.6 Å². The summed E-state index contributed by atoms with van der Waals surface area (Å²) in [5.41, 5.74) is 0. The second-order valence-electron chi connectivity index (χ2n) is 4.11. The van der Waals surface area contributed by atoms with E-state index in [-0.39, 0.29) is 0 Å². The molecule has 0 aromatic heterocycles. The molecule has 0 bridgehead atoms. The Balaban J connectivity index is 2.17. The van der Waals surface area contributed by atoms with E-state index in [2.05, 4.69) is 5.32 Å². The van der Waals surface area contributed by atoms with E-state index in [1.807, 2.05) is 12.1 Å². The van der Waals surface area contributed by atoms with Crippen LogP contribution in [-0.4, -0.2) is 28.9 Å². The van der Waals surface area contributed by atoms with Crippen molar-refractivity contribution < 1.29 is 9.90 Å². The molecule has 2 N–H and O–H groups in total. The number of rotatable bonds is 3. The van der Waals surface area contributed by atoms with Gasteiger partial charge in [0, 0.05) is 9.92 Å². The van der Waals surface area contributed by atoms with Crippen LogP contribution in [0.2, 0.25) is 5.02 Å². The van der Waals surface area contributed by atoms with Crippen LogP contribution >= 0.6 is 23.4 Å². The van der Waals surface area contributed by atoms with Crippen LogP contribution in [-0.2, 0) is 4.79 Å². The van der Waals surface area contributed by atoms with Crippen molar-refractivity contribution in [3.63, 3.8) is 0 Å². The number of benzene rings is 1. The molecule has 3 nitrogen and oxygen atoms in total. The minimum Gasteiger partial charge on any atom is -0.480 e. The van der Waals surface area contributed by atoms with Crippen LogP contribution < -0.4 is 5.32 Å². The van der Waals surface area contributed by atoms with E-state index in [0.717, 1.165) is 18.0 Å². The number of aliphatic carboxylic acids is 1. The van der Waals surface area contributed by atoms with Crippen LogP contribution in [0.4, 0.5) is 0 Å². The van der Waals surface area contributed by atoms with Gasteiger partial charge in [0.25, 0.3) is 0 Å². The maximum Gasteiger partial charge on any atom is 0.320 e. The Labute approximate surface area is 110 Å². The first-order valence-corrected chi connectivity index (χ1v) is 6.71. The highest BCUT2D eigenvalue weighted by Gasteiger charge is 2.40. The predicted octanol–water partition coefficient (Wildman–Crippen LogP) is 2.64. The van der Waals surface area contributed by atoms with E-state index in [1.165, 1.54) is 11.8 Å². The Kier molecular flexibility index (Phi) is 3.97. The quantitative estimate of drug-likeness (QED) is 0.887. The molecule has 1 heterocycles. The highest BCUT2D eigenvalue weighted by atomic mass is 35.5. The van der Waals surface area contributed by atoms with Crippen molar-refractivity contribution in [2.75, 3.05) is 13.1 Å². The zero-order valence-electron chi connectivity index (χ0n) is 9.28. The SMILES string of the molecule is O=C(O)C1(Sc2ccc(Cl)cc2)CCNCC1. The molecule has 0 spiro atoms. The summed E-state index contributed by atoms with van der Waals surface area (Å²) in [6, 6.07) is 7.33. The smallest absolute Gasteiger partial charge is 0.320 e. The van der Waals surface area contributed by atoms with Gasteiger partial charge >= 0.3 is 5.97 Å². The summed E-state index contributed by atoms with van der Waals surface area (Å²) in [7, 11) is 0. The number of halogens is 1. The van der Waals surface area contributed by atoms with E-state index < -0.39 is 10.7 Å². The Hall–Kier alpha value is -0.710. The van der Waals surface area contributed by atoms with Crippen molar-refractivity contribution in [2.24, 2.45) is 0 Å². The van der Waals surface area contributed by atoms with Crippen LogP contribution in [0, 0.1) is 0 Å². The van der Waals surface area contributed by atoms with Crippen molar-refractivity contribution in [3.05, 3.63) is 29.3 Å². The molecule has 1 aromatic carbocycles. The lowest BCUT2D eigenvalue weighted by molar-refractivity contribution is -0.140. The van der Waals surface area contributed by atoms with Crippen LogP contribution in [0.3, 0.4) is 0 Å². The second kappa shape index (κ2) is 5.29. The summed E-state index contributed by atoms with van der Waals surface area (Å²) in [4.78, 5) is 12.4. The molecule has 0 radical (unpaired) electrons.